The van der Waals surface area contributed by atoms with Gasteiger partial charge >= 0.3 is 0 Å². The summed E-state index contributed by atoms with van der Waals surface area (Å²) >= 11 is 0. The lowest BCUT2D eigenvalue weighted by atomic mass is 10.1. The molecule has 4 aromatic rings. The maximum absolute atomic E-state index is 12.9. The molecular formula is C24H26N8O2. The lowest BCUT2D eigenvalue weighted by Crippen LogP contribution is -2.53. The van der Waals surface area contributed by atoms with Crippen LogP contribution >= 0.6 is 0 Å². The van der Waals surface area contributed by atoms with Crippen molar-refractivity contribution < 1.29 is 9.53 Å². The van der Waals surface area contributed by atoms with Crippen LogP contribution in [0.25, 0.3) is 22.2 Å². The van der Waals surface area contributed by atoms with E-state index in [4.69, 9.17) is 16.2 Å². The summed E-state index contributed by atoms with van der Waals surface area (Å²) in [6.07, 6.45) is 0.179. The highest BCUT2D eigenvalue weighted by Gasteiger charge is 2.33. The topological polar surface area (TPSA) is 148 Å². The number of nitrogens with two attached hydrogens (primary N) is 2. The Hall–Kier alpha value is -4.18. The summed E-state index contributed by atoms with van der Waals surface area (Å²) in [5, 5.41) is 10.7. The third-order valence-corrected chi connectivity index (χ3v) is 6.01. The Kier molecular flexibility index (Phi) is 5.72. The van der Waals surface area contributed by atoms with E-state index < -0.39 is 6.10 Å². The maximum Gasteiger partial charge on any atom is 0.255 e. The predicted molar refractivity (Wildman–Crippen MR) is 132 cm³/mol. The largest absolute Gasteiger partial charge is 0.382 e. The molecule has 0 radical (unpaired) electrons. The minimum atomic E-state index is -0.646. The molecule has 1 fully saturated rings. The third-order valence-electron chi connectivity index (χ3n) is 6.01. The molecule has 0 saturated carbocycles. The molecule has 2 aromatic heterocycles. The molecule has 5 rings (SSSR count). The molecule has 34 heavy (non-hydrogen) atoms. The van der Waals surface area contributed by atoms with Gasteiger partial charge in [0.2, 0.25) is 5.95 Å². The molecule has 6 N–H and O–H groups in total. The molecular weight excluding hydrogens is 432 g/mol. The number of ether oxygens (including phenoxy) is 1. The first-order valence-electron chi connectivity index (χ1n) is 11.1. The van der Waals surface area contributed by atoms with Gasteiger partial charge in [-0.3, -0.25) is 9.89 Å². The number of aromatic nitrogens is 4. The zero-order valence-electron chi connectivity index (χ0n) is 18.7. The highest BCUT2D eigenvalue weighted by atomic mass is 16.5. The van der Waals surface area contributed by atoms with Gasteiger partial charge in [0.15, 0.2) is 11.9 Å². The number of nitrogens with one attached hydrogen (secondary N) is 2. The number of amides is 1. The number of nitrogens with zero attached hydrogens (tertiary/aromatic N) is 4. The van der Waals surface area contributed by atoms with E-state index in [1.807, 2.05) is 54.6 Å². The standard InChI is InChI=1S/C24H26N8O2/c1-2-16-13-34-20(23(33)27-15-6-4-3-5-7-15)12-32(16)21-11-18(28-24(26)29-21)14-8-9-17-19(10-14)30-31-22(17)25/h3-11,16,20H,2,12-13H2,1H3,(H,27,33)(H3,25,30,31)(H2,26,28,29)/t16-,20+/m1/s1. The minimum absolute atomic E-state index is 0.0535. The number of para-hydroxylation sites is 1. The monoisotopic (exact) mass is 458 g/mol. The van der Waals surface area contributed by atoms with Crippen molar-refractivity contribution in [2.75, 3.05) is 34.8 Å². The Morgan fingerprint density at radius 2 is 2.00 bits per heavy atom. The molecule has 1 saturated heterocycles. The Labute approximate surface area is 196 Å². The molecule has 0 bridgehead atoms. The number of morpholine rings is 1. The molecule has 1 aliphatic heterocycles. The van der Waals surface area contributed by atoms with Gasteiger partial charge in [-0.05, 0) is 30.7 Å². The van der Waals surface area contributed by atoms with Crippen LogP contribution in [0.1, 0.15) is 13.3 Å². The highest BCUT2D eigenvalue weighted by molar-refractivity contribution is 5.95. The lowest BCUT2D eigenvalue weighted by molar-refractivity contribution is -0.129. The summed E-state index contributed by atoms with van der Waals surface area (Å²) in [4.78, 5) is 23.9. The molecule has 174 valence electrons. The van der Waals surface area contributed by atoms with Gasteiger partial charge in [-0.1, -0.05) is 31.2 Å². The van der Waals surface area contributed by atoms with Gasteiger partial charge in [0, 0.05) is 22.7 Å². The first-order valence-corrected chi connectivity index (χ1v) is 11.1. The average molecular weight is 459 g/mol. The van der Waals surface area contributed by atoms with Crippen LogP contribution in [0.3, 0.4) is 0 Å². The molecule has 0 aliphatic carbocycles. The second-order valence-electron chi connectivity index (χ2n) is 8.23. The summed E-state index contributed by atoms with van der Waals surface area (Å²) < 4.78 is 5.91. The first kappa shape index (κ1) is 21.7. The van der Waals surface area contributed by atoms with Crippen molar-refractivity contribution >= 4 is 40.1 Å². The number of carbonyl (C=O) groups excluding carboxylic acids is 1. The summed E-state index contributed by atoms with van der Waals surface area (Å²) in [7, 11) is 0. The number of rotatable bonds is 5. The van der Waals surface area contributed by atoms with Crippen LogP contribution in [0, 0.1) is 0 Å². The fourth-order valence-electron chi connectivity index (χ4n) is 4.17. The third kappa shape index (κ3) is 4.23. The predicted octanol–water partition coefficient (Wildman–Crippen LogP) is 2.81. The first-order chi connectivity index (χ1) is 16.5. The van der Waals surface area contributed by atoms with E-state index in [0.717, 1.165) is 28.6 Å². The van der Waals surface area contributed by atoms with Crippen molar-refractivity contribution in [1.29, 1.82) is 0 Å². The summed E-state index contributed by atoms with van der Waals surface area (Å²) in [5.41, 5.74) is 15.1. The van der Waals surface area contributed by atoms with Crippen LogP contribution in [-0.4, -0.2) is 51.4 Å². The molecule has 0 spiro atoms. The van der Waals surface area contributed by atoms with E-state index in [0.29, 0.717) is 30.5 Å². The molecule has 10 heteroatoms. The number of hydrogen-bond acceptors (Lipinski definition) is 8. The van der Waals surface area contributed by atoms with E-state index in [-0.39, 0.29) is 17.9 Å². The number of H-pyrrole nitrogens is 1. The van der Waals surface area contributed by atoms with Crippen molar-refractivity contribution in [3.05, 3.63) is 54.6 Å². The van der Waals surface area contributed by atoms with Crippen molar-refractivity contribution in [1.82, 2.24) is 20.2 Å². The Morgan fingerprint density at radius 1 is 1.18 bits per heavy atom. The number of benzene rings is 2. The van der Waals surface area contributed by atoms with Gasteiger partial charge in [0.1, 0.15) is 5.82 Å². The minimum Gasteiger partial charge on any atom is -0.382 e. The fraction of sp³-hybridized carbons (Fsp3) is 0.250. The van der Waals surface area contributed by atoms with Crippen LogP contribution in [0.15, 0.2) is 54.6 Å². The van der Waals surface area contributed by atoms with E-state index >= 15 is 0 Å². The zero-order chi connectivity index (χ0) is 23.7. The maximum atomic E-state index is 12.9. The van der Waals surface area contributed by atoms with Crippen molar-refractivity contribution in [3.8, 4) is 11.3 Å². The van der Waals surface area contributed by atoms with E-state index in [9.17, 15) is 4.79 Å². The zero-order valence-corrected chi connectivity index (χ0v) is 18.7. The van der Waals surface area contributed by atoms with Crippen molar-refractivity contribution in [3.63, 3.8) is 0 Å². The Morgan fingerprint density at radius 3 is 2.79 bits per heavy atom. The smallest absolute Gasteiger partial charge is 0.255 e. The molecule has 1 amide bonds. The summed E-state index contributed by atoms with van der Waals surface area (Å²) in [5.74, 6) is 1.06. The number of nitrogen functional groups attached to an aromatic ring is 2. The normalized spacial score (nSPS) is 18.2. The fourth-order valence-corrected chi connectivity index (χ4v) is 4.17. The second kappa shape index (κ2) is 8.99. The summed E-state index contributed by atoms with van der Waals surface area (Å²) in [6, 6.07) is 17.0. The van der Waals surface area contributed by atoms with Gasteiger partial charge in [-0.2, -0.15) is 10.1 Å². The van der Waals surface area contributed by atoms with Gasteiger partial charge in [0.05, 0.1) is 30.4 Å². The van der Waals surface area contributed by atoms with Gasteiger partial charge in [0.25, 0.3) is 5.91 Å². The van der Waals surface area contributed by atoms with E-state index in [2.05, 4.69) is 37.3 Å². The highest BCUT2D eigenvalue weighted by Crippen LogP contribution is 2.29. The molecule has 3 heterocycles. The number of aromatic amines is 1. The van der Waals surface area contributed by atoms with E-state index in [1.165, 1.54) is 0 Å². The summed E-state index contributed by atoms with van der Waals surface area (Å²) in [6.45, 7) is 2.83. The number of anilines is 4. The van der Waals surface area contributed by atoms with E-state index in [1.54, 1.807) is 0 Å². The molecule has 2 aromatic carbocycles. The average Bonchev–Trinajstić information content (AvgIpc) is 3.23. The van der Waals surface area contributed by atoms with Gasteiger partial charge < -0.3 is 26.4 Å². The van der Waals surface area contributed by atoms with Gasteiger partial charge in [-0.15, -0.1) is 0 Å². The molecule has 0 unspecified atom stereocenters. The lowest BCUT2D eigenvalue weighted by Gasteiger charge is -2.39. The number of hydrogen-bond donors (Lipinski definition) is 4. The van der Waals surface area contributed by atoms with Crippen LogP contribution in [-0.2, 0) is 9.53 Å². The van der Waals surface area contributed by atoms with Gasteiger partial charge in [-0.25, -0.2) is 4.98 Å². The second-order valence-corrected chi connectivity index (χ2v) is 8.23. The molecule has 1 aliphatic rings. The Balaban J connectivity index is 1.43. The van der Waals surface area contributed by atoms with Crippen LogP contribution in [0.5, 0.6) is 0 Å². The molecule has 10 nitrogen and oxygen atoms in total. The SMILES string of the molecule is CC[C@@H]1CO[C@H](C(=O)Nc2ccccc2)CN1c1cc(-c2ccc3c(N)n[nH]c3c2)nc(N)n1. The van der Waals surface area contributed by atoms with Crippen molar-refractivity contribution in [2.24, 2.45) is 0 Å². The van der Waals surface area contributed by atoms with Crippen LogP contribution < -0.4 is 21.7 Å². The Bertz CT molecular complexity index is 1320. The quantitative estimate of drug-likeness (QED) is 0.357. The van der Waals surface area contributed by atoms with Crippen LogP contribution in [0.4, 0.5) is 23.3 Å². The number of fused-ring (bicyclic) bond motifs is 1. The van der Waals surface area contributed by atoms with Crippen molar-refractivity contribution in [2.45, 2.75) is 25.5 Å². The molecule has 2 atom stereocenters. The van der Waals surface area contributed by atoms with Crippen LogP contribution in [0.2, 0.25) is 0 Å². The number of carbonyl (C=O) groups is 1.